The summed E-state index contributed by atoms with van der Waals surface area (Å²) in [6.45, 7) is 1.82. The number of piperidine rings is 1. The van der Waals surface area contributed by atoms with E-state index in [1.165, 1.54) is 4.90 Å². The van der Waals surface area contributed by atoms with Gasteiger partial charge in [0, 0.05) is 46.5 Å². The molecule has 1 aromatic carbocycles. The fourth-order valence-electron chi connectivity index (χ4n) is 3.96. The van der Waals surface area contributed by atoms with E-state index in [9.17, 15) is 14.4 Å². The van der Waals surface area contributed by atoms with Crippen LogP contribution in [-0.2, 0) is 14.3 Å². The summed E-state index contributed by atoms with van der Waals surface area (Å²) in [6.07, 6.45) is 3.52. The lowest BCUT2D eigenvalue weighted by Gasteiger charge is -2.45. The highest BCUT2D eigenvalue weighted by molar-refractivity contribution is 6.09. The Morgan fingerprint density at radius 3 is 2.76 bits per heavy atom. The van der Waals surface area contributed by atoms with Crippen LogP contribution in [-0.4, -0.2) is 76.1 Å². The van der Waals surface area contributed by atoms with Gasteiger partial charge in [0.25, 0.3) is 5.91 Å². The van der Waals surface area contributed by atoms with Gasteiger partial charge in [-0.15, -0.1) is 0 Å². The molecule has 0 aromatic heterocycles. The first-order valence-electron chi connectivity index (χ1n) is 10.1. The van der Waals surface area contributed by atoms with E-state index in [1.54, 1.807) is 38.2 Å². The first kappa shape index (κ1) is 21.1. The number of carbonyl (C=O) groups excluding carboxylic acids is 3. The van der Waals surface area contributed by atoms with Crippen LogP contribution in [0.4, 0.5) is 11.4 Å². The summed E-state index contributed by atoms with van der Waals surface area (Å²) in [4.78, 5) is 43.3. The van der Waals surface area contributed by atoms with Crippen LogP contribution in [0.1, 0.15) is 36.0 Å². The topological polar surface area (TPSA) is 82.2 Å². The molecule has 2 aliphatic heterocycles. The van der Waals surface area contributed by atoms with Crippen LogP contribution in [0.25, 0.3) is 0 Å². The number of hydrogen-bond donors (Lipinski definition) is 1. The van der Waals surface area contributed by atoms with E-state index >= 15 is 0 Å². The maximum Gasteiger partial charge on any atom is 0.253 e. The number of benzene rings is 1. The minimum Gasteiger partial charge on any atom is -0.385 e. The summed E-state index contributed by atoms with van der Waals surface area (Å²) >= 11 is 0. The van der Waals surface area contributed by atoms with Gasteiger partial charge in [0.1, 0.15) is 12.6 Å². The van der Waals surface area contributed by atoms with E-state index in [-0.39, 0.29) is 30.3 Å². The Labute approximate surface area is 171 Å². The Hall–Kier alpha value is -2.61. The van der Waals surface area contributed by atoms with Gasteiger partial charge in [-0.25, -0.2) is 0 Å². The summed E-state index contributed by atoms with van der Waals surface area (Å²) in [6, 6.07) is 5.19. The molecule has 3 rings (SSSR count). The lowest BCUT2D eigenvalue weighted by atomic mass is 9.95. The average Bonchev–Trinajstić information content (AvgIpc) is 2.73. The molecule has 158 valence electrons. The van der Waals surface area contributed by atoms with E-state index in [2.05, 4.69) is 10.2 Å². The van der Waals surface area contributed by atoms with Crippen LogP contribution >= 0.6 is 0 Å². The Bertz CT molecular complexity index is 780. The number of anilines is 2. The van der Waals surface area contributed by atoms with Crippen molar-refractivity contribution in [2.75, 3.05) is 57.2 Å². The second-order valence-corrected chi connectivity index (χ2v) is 7.73. The predicted molar refractivity (Wildman–Crippen MR) is 111 cm³/mol. The standard InChI is InChI=1S/C21H30N4O4/c1-23(2)20(27)15-8-9-16-18(13-15)25(14-19(26)22-10-6-12-29-3)21(28)17-7-4-5-11-24(16)17/h8-9,13,17H,4-7,10-12,14H2,1-3H3,(H,22,26)/t17-/m1/s1. The number of nitrogens with zero attached hydrogens (tertiary/aromatic N) is 3. The highest BCUT2D eigenvalue weighted by Crippen LogP contribution is 2.40. The van der Waals surface area contributed by atoms with Crippen LogP contribution in [0.15, 0.2) is 18.2 Å². The first-order chi connectivity index (χ1) is 13.9. The molecule has 2 aliphatic rings. The number of carbonyl (C=O) groups is 3. The van der Waals surface area contributed by atoms with Gasteiger partial charge in [-0.1, -0.05) is 0 Å². The summed E-state index contributed by atoms with van der Waals surface area (Å²) in [5, 5.41) is 2.84. The number of rotatable bonds is 7. The molecule has 0 saturated carbocycles. The Morgan fingerprint density at radius 1 is 1.24 bits per heavy atom. The molecule has 8 heteroatoms. The van der Waals surface area contributed by atoms with E-state index in [0.717, 1.165) is 31.5 Å². The fourth-order valence-corrected chi connectivity index (χ4v) is 3.96. The molecular weight excluding hydrogens is 372 g/mol. The highest BCUT2D eigenvalue weighted by Gasteiger charge is 2.40. The largest absolute Gasteiger partial charge is 0.385 e. The second kappa shape index (κ2) is 9.26. The van der Waals surface area contributed by atoms with Gasteiger partial charge in [0.15, 0.2) is 0 Å². The quantitative estimate of drug-likeness (QED) is 0.694. The van der Waals surface area contributed by atoms with Crippen molar-refractivity contribution >= 4 is 29.1 Å². The van der Waals surface area contributed by atoms with Gasteiger partial charge in [-0.3, -0.25) is 19.3 Å². The summed E-state index contributed by atoms with van der Waals surface area (Å²) in [5.41, 5.74) is 2.05. The molecule has 1 N–H and O–H groups in total. The molecule has 0 aliphatic carbocycles. The van der Waals surface area contributed by atoms with E-state index in [0.29, 0.717) is 30.8 Å². The van der Waals surface area contributed by atoms with E-state index in [1.807, 2.05) is 6.07 Å². The Balaban J connectivity index is 1.88. The van der Waals surface area contributed by atoms with Crippen molar-refractivity contribution in [3.05, 3.63) is 23.8 Å². The SMILES string of the molecule is COCCCNC(=O)CN1C(=O)[C@H]2CCCCN2c2ccc(C(=O)N(C)C)cc21. The second-order valence-electron chi connectivity index (χ2n) is 7.73. The van der Waals surface area contributed by atoms with Crippen molar-refractivity contribution in [1.82, 2.24) is 10.2 Å². The summed E-state index contributed by atoms with van der Waals surface area (Å²) in [5.74, 6) is -0.419. The zero-order chi connectivity index (χ0) is 21.0. The molecule has 1 saturated heterocycles. The third-order valence-electron chi connectivity index (χ3n) is 5.43. The average molecular weight is 402 g/mol. The van der Waals surface area contributed by atoms with Gasteiger partial charge in [0.2, 0.25) is 11.8 Å². The van der Waals surface area contributed by atoms with E-state index < -0.39 is 0 Å². The van der Waals surface area contributed by atoms with Crippen LogP contribution < -0.4 is 15.1 Å². The van der Waals surface area contributed by atoms with Crippen LogP contribution in [0.2, 0.25) is 0 Å². The maximum absolute atomic E-state index is 13.2. The number of ether oxygens (including phenoxy) is 1. The van der Waals surface area contributed by atoms with Crippen LogP contribution in [0, 0.1) is 0 Å². The van der Waals surface area contributed by atoms with Gasteiger partial charge >= 0.3 is 0 Å². The third-order valence-corrected chi connectivity index (χ3v) is 5.43. The maximum atomic E-state index is 13.2. The van der Waals surface area contributed by atoms with Crippen molar-refractivity contribution in [3.63, 3.8) is 0 Å². The molecule has 0 unspecified atom stereocenters. The van der Waals surface area contributed by atoms with Crippen molar-refractivity contribution < 1.29 is 19.1 Å². The van der Waals surface area contributed by atoms with Crippen LogP contribution in [0.5, 0.6) is 0 Å². The van der Waals surface area contributed by atoms with Gasteiger partial charge in [0.05, 0.1) is 11.4 Å². The molecule has 8 nitrogen and oxygen atoms in total. The summed E-state index contributed by atoms with van der Waals surface area (Å²) in [7, 11) is 5.01. The monoisotopic (exact) mass is 402 g/mol. The Morgan fingerprint density at radius 2 is 2.03 bits per heavy atom. The molecule has 0 radical (unpaired) electrons. The lowest BCUT2D eigenvalue weighted by Crippen LogP contribution is -2.57. The highest BCUT2D eigenvalue weighted by atomic mass is 16.5. The fraction of sp³-hybridized carbons (Fsp3) is 0.571. The van der Waals surface area contributed by atoms with Gasteiger partial charge in [-0.05, 0) is 43.9 Å². The zero-order valence-electron chi connectivity index (χ0n) is 17.4. The number of hydrogen-bond acceptors (Lipinski definition) is 5. The Kier molecular flexibility index (Phi) is 6.74. The van der Waals surface area contributed by atoms with Crippen molar-refractivity contribution in [3.8, 4) is 0 Å². The smallest absolute Gasteiger partial charge is 0.253 e. The number of nitrogens with one attached hydrogen (secondary N) is 1. The van der Waals surface area contributed by atoms with Crippen molar-refractivity contribution in [2.45, 2.75) is 31.7 Å². The molecule has 1 aromatic rings. The van der Waals surface area contributed by atoms with E-state index in [4.69, 9.17) is 4.74 Å². The number of amides is 3. The minimum absolute atomic E-state index is 0.0528. The molecule has 2 heterocycles. The van der Waals surface area contributed by atoms with Crippen LogP contribution in [0.3, 0.4) is 0 Å². The zero-order valence-corrected chi connectivity index (χ0v) is 17.4. The minimum atomic E-state index is -0.243. The molecule has 0 spiro atoms. The molecule has 0 bridgehead atoms. The number of methoxy groups -OCH3 is 1. The molecule has 3 amide bonds. The molecular formula is C21H30N4O4. The van der Waals surface area contributed by atoms with Gasteiger partial charge in [-0.2, -0.15) is 0 Å². The van der Waals surface area contributed by atoms with Gasteiger partial charge < -0.3 is 19.9 Å². The first-order valence-corrected chi connectivity index (χ1v) is 10.1. The number of fused-ring (bicyclic) bond motifs is 3. The predicted octanol–water partition coefficient (Wildman–Crippen LogP) is 1.25. The normalized spacial score (nSPS) is 18.2. The molecule has 1 fully saturated rings. The lowest BCUT2D eigenvalue weighted by molar-refractivity contribution is -0.125. The molecule has 1 atom stereocenters. The van der Waals surface area contributed by atoms with Crippen molar-refractivity contribution in [1.29, 1.82) is 0 Å². The molecule has 29 heavy (non-hydrogen) atoms. The van der Waals surface area contributed by atoms with Crippen molar-refractivity contribution in [2.24, 2.45) is 0 Å². The third kappa shape index (κ3) is 4.53. The summed E-state index contributed by atoms with van der Waals surface area (Å²) < 4.78 is 4.99.